The predicted octanol–water partition coefficient (Wildman–Crippen LogP) is 1.07. The van der Waals surface area contributed by atoms with E-state index in [1.54, 1.807) is 0 Å². The molecular formula is C10H20N2. The summed E-state index contributed by atoms with van der Waals surface area (Å²) in [5.74, 6) is 1.72. The predicted molar refractivity (Wildman–Crippen MR) is 50.9 cm³/mol. The Kier molecular flexibility index (Phi) is 2.37. The Morgan fingerprint density at radius 1 is 1.33 bits per heavy atom. The van der Waals surface area contributed by atoms with Crippen molar-refractivity contribution in [2.75, 3.05) is 20.1 Å². The number of fused-ring (bicyclic) bond motifs is 1. The second-order valence-corrected chi connectivity index (χ2v) is 4.45. The summed E-state index contributed by atoms with van der Waals surface area (Å²) in [6.07, 6.45) is 5.71. The highest BCUT2D eigenvalue weighted by Gasteiger charge is 2.39. The molecule has 2 rings (SSSR count). The van der Waals surface area contributed by atoms with Crippen molar-refractivity contribution in [1.29, 1.82) is 0 Å². The van der Waals surface area contributed by atoms with E-state index < -0.39 is 0 Å². The fourth-order valence-corrected chi connectivity index (χ4v) is 3.13. The monoisotopic (exact) mass is 168 g/mol. The standard InChI is InChI=1S/C10H20N2/c1-12-7-8(6-11)9-4-2-3-5-10(9)12/h8-10H,2-7,11H2,1H3. The normalized spacial score (nSPS) is 43.0. The van der Waals surface area contributed by atoms with Crippen LogP contribution in [0.1, 0.15) is 25.7 Å². The molecule has 0 bridgehead atoms. The molecule has 0 aromatic carbocycles. The Morgan fingerprint density at radius 3 is 2.83 bits per heavy atom. The van der Waals surface area contributed by atoms with Crippen LogP contribution in [0.3, 0.4) is 0 Å². The van der Waals surface area contributed by atoms with Crippen molar-refractivity contribution in [2.24, 2.45) is 17.6 Å². The third-order valence-corrected chi connectivity index (χ3v) is 3.78. The summed E-state index contributed by atoms with van der Waals surface area (Å²) in [5, 5.41) is 0. The van der Waals surface area contributed by atoms with Crippen molar-refractivity contribution < 1.29 is 0 Å². The molecule has 2 N–H and O–H groups in total. The number of nitrogens with zero attached hydrogens (tertiary/aromatic N) is 1. The fraction of sp³-hybridized carbons (Fsp3) is 1.00. The molecule has 0 spiro atoms. The maximum atomic E-state index is 5.78. The summed E-state index contributed by atoms with van der Waals surface area (Å²) < 4.78 is 0. The van der Waals surface area contributed by atoms with Gasteiger partial charge in [-0.15, -0.1) is 0 Å². The third kappa shape index (κ3) is 1.27. The Balaban J connectivity index is 2.05. The van der Waals surface area contributed by atoms with Crippen LogP contribution in [-0.2, 0) is 0 Å². The van der Waals surface area contributed by atoms with Gasteiger partial charge in [0.1, 0.15) is 0 Å². The molecule has 2 aliphatic rings. The van der Waals surface area contributed by atoms with Gasteiger partial charge in [-0.1, -0.05) is 12.8 Å². The first kappa shape index (κ1) is 8.52. The van der Waals surface area contributed by atoms with Crippen molar-refractivity contribution in [3.05, 3.63) is 0 Å². The third-order valence-electron chi connectivity index (χ3n) is 3.78. The molecule has 2 heteroatoms. The Hall–Kier alpha value is -0.0800. The highest BCUT2D eigenvalue weighted by atomic mass is 15.2. The van der Waals surface area contributed by atoms with E-state index in [0.29, 0.717) is 0 Å². The summed E-state index contributed by atoms with van der Waals surface area (Å²) in [5.41, 5.74) is 5.78. The fourth-order valence-electron chi connectivity index (χ4n) is 3.13. The molecule has 1 saturated heterocycles. The Morgan fingerprint density at radius 2 is 2.08 bits per heavy atom. The van der Waals surface area contributed by atoms with Crippen LogP contribution in [0.15, 0.2) is 0 Å². The van der Waals surface area contributed by atoms with Gasteiger partial charge in [-0.2, -0.15) is 0 Å². The minimum Gasteiger partial charge on any atom is -0.330 e. The van der Waals surface area contributed by atoms with Gasteiger partial charge in [0.2, 0.25) is 0 Å². The summed E-state index contributed by atoms with van der Waals surface area (Å²) in [6, 6.07) is 0.868. The highest BCUT2D eigenvalue weighted by molar-refractivity contribution is 4.93. The van der Waals surface area contributed by atoms with E-state index in [9.17, 15) is 0 Å². The molecule has 0 radical (unpaired) electrons. The molecule has 2 fully saturated rings. The molecular weight excluding hydrogens is 148 g/mol. The first-order chi connectivity index (χ1) is 5.83. The van der Waals surface area contributed by atoms with Crippen LogP contribution in [0.25, 0.3) is 0 Å². The number of rotatable bonds is 1. The average molecular weight is 168 g/mol. The lowest BCUT2D eigenvalue weighted by Gasteiger charge is -2.30. The van der Waals surface area contributed by atoms with Crippen LogP contribution in [0.2, 0.25) is 0 Å². The van der Waals surface area contributed by atoms with Gasteiger partial charge in [0.05, 0.1) is 0 Å². The first-order valence-corrected chi connectivity index (χ1v) is 5.23. The minimum atomic E-state index is 0.792. The molecule has 1 heterocycles. The summed E-state index contributed by atoms with van der Waals surface area (Å²) >= 11 is 0. The van der Waals surface area contributed by atoms with E-state index in [1.165, 1.54) is 32.2 Å². The van der Waals surface area contributed by atoms with Crippen LogP contribution in [0, 0.1) is 11.8 Å². The smallest absolute Gasteiger partial charge is 0.0124 e. The van der Waals surface area contributed by atoms with Crippen molar-refractivity contribution in [2.45, 2.75) is 31.7 Å². The molecule has 1 saturated carbocycles. The maximum Gasteiger partial charge on any atom is 0.0124 e. The quantitative estimate of drug-likeness (QED) is 0.634. The van der Waals surface area contributed by atoms with E-state index in [2.05, 4.69) is 11.9 Å². The zero-order valence-corrected chi connectivity index (χ0v) is 8.00. The SMILES string of the molecule is CN1CC(CN)C2CCCCC21. The van der Waals surface area contributed by atoms with Crippen molar-refractivity contribution in [3.63, 3.8) is 0 Å². The van der Waals surface area contributed by atoms with E-state index >= 15 is 0 Å². The topological polar surface area (TPSA) is 29.3 Å². The molecule has 12 heavy (non-hydrogen) atoms. The zero-order chi connectivity index (χ0) is 8.55. The van der Waals surface area contributed by atoms with E-state index in [0.717, 1.165) is 24.4 Å². The molecule has 0 amide bonds. The number of hydrogen-bond donors (Lipinski definition) is 1. The Labute approximate surface area is 75.1 Å². The number of likely N-dealkylation sites (tertiary alicyclic amines) is 1. The van der Waals surface area contributed by atoms with Crippen molar-refractivity contribution in [3.8, 4) is 0 Å². The van der Waals surface area contributed by atoms with Gasteiger partial charge >= 0.3 is 0 Å². The number of nitrogens with two attached hydrogens (primary N) is 1. The molecule has 3 atom stereocenters. The van der Waals surface area contributed by atoms with Crippen LogP contribution < -0.4 is 5.73 Å². The summed E-state index contributed by atoms with van der Waals surface area (Å²) in [6.45, 7) is 2.14. The molecule has 0 aromatic heterocycles. The second-order valence-electron chi connectivity index (χ2n) is 4.45. The lowest BCUT2D eigenvalue weighted by Crippen LogP contribution is -2.32. The van der Waals surface area contributed by atoms with E-state index in [1.807, 2.05) is 0 Å². The lowest BCUT2D eigenvalue weighted by molar-refractivity contribution is 0.207. The molecule has 3 unspecified atom stereocenters. The van der Waals surface area contributed by atoms with Crippen LogP contribution in [-0.4, -0.2) is 31.1 Å². The Bertz CT molecular complexity index is 158. The van der Waals surface area contributed by atoms with Gasteiger partial charge in [-0.3, -0.25) is 0 Å². The molecule has 1 aliphatic heterocycles. The second kappa shape index (κ2) is 3.35. The van der Waals surface area contributed by atoms with Crippen LogP contribution in [0.4, 0.5) is 0 Å². The zero-order valence-electron chi connectivity index (χ0n) is 8.00. The highest BCUT2D eigenvalue weighted by Crippen LogP contribution is 2.38. The van der Waals surface area contributed by atoms with E-state index in [4.69, 9.17) is 5.73 Å². The molecule has 1 aliphatic carbocycles. The summed E-state index contributed by atoms with van der Waals surface area (Å²) in [4.78, 5) is 2.53. The van der Waals surface area contributed by atoms with Gasteiger partial charge in [0, 0.05) is 12.6 Å². The lowest BCUT2D eigenvalue weighted by atomic mass is 9.80. The van der Waals surface area contributed by atoms with Crippen LogP contribution >= 0.6 is 0 Å². The van der Waals surface area contributed by atoms with Crippen molar-refractivity contribution in [1.82, 2.24) is 4.90 Å². The van der Waals surface area contributed by atoms with Crippen LogP contribution in [0.5, 0.6) is 0 Å². The summed E-state index contributed by atoms with van der Waals surface area (Å²) in [7, 11) is 2.26. The van der Waals surface area contributed by atoms with Gasteiger partial charge in [-0.25, -0.2) is 0 Å². The van der Waals surface area contributed by atoms with Gasteiger partial charge in [0.25, 0.3) is 0 Å². The largest absolute Gasteiger partial charge is 0.330 e. The average Bonchev–Trinajstić information content (AvgIpc) is 2.44. The van der Waals surface area contributed by atoms with Gasteiger partial charge < -0.3 is 10.6 Å². The molecule has 2 nitrogen and oxygen atoms in total. The molecule has 0 aromatic rings. The number of hydrogen-bond acceptors (Lipinski definition) is 2. The molecule has 70 valence electrons. The van der Waals surface area contributed by atoms with Gasteiger partial charge in [-0.05, 0) is 38.3 Å². The maximum absolute atomic E-state index is 5.78. The first-order valence-electron chi connectivity index (χ1n) is 5.23. The van der Waals surface area contributed by atoms with Gasteiger partial charge in [0.15, 0.2) is 0 Å². The van der Waals surface area contributed by atoms with E-state index in [-0.39, 0.29) is 0 Å². The minimum absolute atomic E-state index is 0.792. The van der Waals surface area contributed by atoms with Crippen molar-refractivity contribution >= 4 is 0 Å².